The van der Waals surface area contributed by atoms with Crippen LogP contribution in [0.3, 0.4) is 0 Å². The molecule has 0 radical (unpaired) electrons. The Hall–Kier alpha value is -2.97. The maximum Gasteiger partial charge on any atom is 0.272 e. The van der Waals surface area contributed by atoms with Gasteiger partial charge in [-0.2, -0.15) is 0 Å². The van der Waals surface area contributed by atoms with Gasteiger partial charge in [0.15, 0.2) is 5.79 Å². The van der Waals surface area contributed by atoms with Gasteiger partial charge in [-0.15, -0.1) is 0 Å². The lowest BCUT2D eigenvalue weighted by atomic mass is 10.0. The number of hydrogen-bond donors (Lipinski definition) is 2. The van der Waals surface area contributed by atoms with E-state index in [1.54, 1.807) is 23.2 Å². The van der Waals surface area contributed by atoms with Gasteiger partial charge in [0.05, 0.1) is 13.2 Å². The smallest absolute Gasteiger partial charge is 0.272 e. The number of piperidine rings is 1. The van der Waals surface area contributed by atoms with Gasteiger partial charge in [-0.1, -0.05) is 6.07 Å². The number of ether oxygens (including phenoxy) is 2. The second kappa shape index (κ2) is 8.18. The first-order valence-corrected chi connectivity index (χ1v) is 9.71. The van der Waals surface area contributed by atoms with Gasteiger partial charge in [0, 0.05) is 56.1 Å². The Morgan fingerprint density at radius 3 is 2.45 bits per heavy atom. The number of rotatable bonds is 4. The van der Waals surface area contributed by atoms with Crippen LogP contribution in [-0.2, 0) is 14.3 Å². The highest BCUT2D eigenvalue weighted by Gasteiger charge is 2.41. The van der Waals surface area contributed by atoms with E-state index < -0.39 is 5.79 Å². The zero-order chi connectivity index (χ0) is 20.3. The summed E-state index contributed by atoms with van der Waals surface area (Å²) in [7, 11) is 0. The number of benzene rings is 1. The van der Waals surface area contributed by atoms with Crippen LogP contribution in [0.15, 0.2) is 42.6 Å². The van der Waals surface area contributed by atoms with Crippen LogP contribution < -0.4 is 10.6 Å². The first-order chi connectivity index (χ1) is 14.0. The second-order valence-corrected chi connectivity index (χ2v) is 7.22. The molecule has 0 bridgehead atoms. The molecule has 8 heteroatoms. The van der Waals surface area contributed by atoms with Crippen molar-refractivity contribution in [2.45, 2.75) is 25.6 Å². The van der Waals surface area contributed by atoms with E-state index in [1.807, 2.05) is 24.3 Å². The van der Waals surface area contributed by atoms with Crippen molar-refractivity contribution in [1.29, 1.82) is 0 Å². The van der Waals surface area contributed by atoms with Crippen LogP contribution in [0.1, 0.15) is 30.3 Å². The van der Waals surface area contributed by atoms with Crippen molar-refractivity contribution in [3.8, 4) is 0 Å². The number of anilines is 3. The zero-order valence-electron chi connectivity index (χ0n) is 16.3. The van der Waals surface area contributed by atoms with Crippen molar-refractivity contribution in [3.63, 3.8) is 0 Å². The first-order valence-electron chi connectivity index (χ1n) is 9.71. The molecule has 0 unspecified atom stereocenters. The average molecular weight is 396 g/mol. The summed E-state index contributed by atoms with van der Waals surface area (Å²) in [6, 6.07) is 10.9. The third kappa shape index (κ3) is 4.55. The van der Waals surface area contributed by atoms with Crippen LogP contribution in [-0.4, -0.2) is 53.8 Å². The molecule has 2 amide bonds. The second-order valence-electron chi connectivity index (χ2n) is 7.22. The predicted molar refractivity (Wildman–Crippen MR) is 108 cm³/mol. The highest BCUT2D eigenvalue weighted by molar-refractivity contribution is 5.93. The lowest BCUT2D eigenvalue weighted by molar-refractivity contribution is -0.181. The van der Waals surface area contributed by atoms with E-state index in [0.717, 1.165) is 11.4 Å². The molecule has 2 fully saturated rings. The number of amides is 2. The van der Waals surface area contributed by atoms with Gasteiger partial charge in [-0.05, 0) is 30.3 Å². The molecule has 2 aliphatic rings. The number of carbonyl (C=O) groups excluding carboxylic acids is 2. The minimum Gasteiger partial charge on any atom is -0.355 e. The summed E-state index contributed by atoms with van der Waals surface area (Å²) in [6.45, 7) is 3.86. The Balaban J connectivity index is 1.42. The Labute approximate surface area is 169 Å². The van der Waals surface area contributed by atoms with Crippen molar-refractivity contribution in [2.75, 3.05) is 36.9 Å². The molecule has 0 atom stereocenters. The van der Waals surface area contributed by atoms with Gasteiger partial charge in [0.2, 0.25) is 5.91 Å². The molecule has 0 aliphatic carbocycles. The molecule has 2 aliphatic heterocycles. The quantitative estimate of drug-likeness (QED) is 0.826. The number of carbonyl (C=O) groups is 2. The molecule has 1 aromatic heterocycles. The van der Waals surface area contributed by atoms with Crippen molar-refractivity contribution < 1.29 is 19.1 Å². The van der Waals surface area contributed by atoms with Crippen molar-refractivity contribution >= 4 is 28.9 Å². The maximum atomic E-state index is 12.9. The Morgan fingerprint density at radius 1 is 1.03 bits per heavy atom. The number of nitrogens with zero attached hydrogens (tertiary/aromatic N) is 2. The minimum absolute atomic E-state index is 0.103. The number of likely N-dealkylation sites (tertiary alicyclic amines) is 1. The van der Waals surface area contributed by atoms with Crippen LogP contribution in [0, 0.1) is 0 Å². The monoisotopic (exact) mass is 396 g/mol. The lowest BCUT2D eigenvalue weighted by Gasteiger charge is -2.37. The summed E-state index contributed by atoms with van der Waals surface area (Å²) in [4.78, 5) is 30.2. The number of nitrogens with one attached hydrogen (secondary N) is 2. The van der Waals surface area contributed by atoms with Crippen molar-refractivity contribution in [3.05, 3.63) is 48.3 Å². The van der Waals surface area contributed by atoms with E-state index in [4.69, 9.17) is 9.47 Å². The Kier molecular flexibility index (Phi) is 5.46. The van der Waals surface area contributed by atoms with E-state index in [1.165, 1.54) is 6.92 Å². The molecule has 2 N–H and O–H groups in total. The van der Waals surface area contributed by atoms with E-state index in [9.17, 15) is 9.59 Å². The van der Waals surface area contributed by atoms with E-state index >= 15 is 0 Å². The third-order valence-electron chi connectivity index (χ3n) is 5.08. The predicted octanol–water partition coefficient (Wildman–Crippen LogP) is 2.76. The topological polar surface area (TPSA) is 92.8 Å². The molecular formula is C21H24N4O4. The molecule has 1 aromatic carbocycles. The van der Waals surface area contributed by atoms with Crippen LogP contribution >= 0.6 is 0 Å². The van der Waals surface area contributed by atoms with Gasteiger partial charge in [-0.3, -0.25) is 14.6 Å². The van der Waals surface area contributed by atoms with Crippen molar-refractivity contribution in [1.82, 2.24) is 9.88 Å². The standard InChI is InChI=1S/C21H24N4O4/c1-15(26)23-16-3-2-4-17(13-16)24-18-5-8-22-19(14-18)20(27)25-9-6-21(7-10-25)28-11-12-29-21/h2-5,8,13-14H,6-7,9-12H2,1H3,(H,22,24)(H,23,26). The molecule has 1 spiro atoms. The largest absolute Gasteiger partial charge is 0.355 e. The average Bonchev–Trinajstić information content (AvgIpc) is 3.16. The van der Waals surface area contributed by atoms with Crippen LogP contribution in [0.2, 0.25) is 0 Å². The fraction of sp³-hybridized carbons (Fsp3) is 0.381. The molecule has 3 heterocycles. The molecule has 2 saturated heterocycles. The summed E-state index contributed by atoms with van der Waals surface area (Å²) < 4.78 is 11.4. The summed E-state index contributed by atoms with van der Waals surface area (Å²) >= 11 is 0. The fourth-order valence-electron chi connectivity index (χ4n) is 3.67. The molecule has 4 rings (SSSR count). The Bertz CT molecular complexity index is 901. The number of aromatic nitrogens is 1. The van der Waals surface area contributed by atoms with Gasteiger partial charge in [-0.25, -0.2) is 0 Å². The summed E-state index contributed by atoms with van der Waals surface area (Å²) in [5.41, 5.74) is 2.64. The summed E-state index contributed by atoms with van der Waals surface area (Å²) in [5.74, 6) is -0.740. The third-order valence-corrected chi connectivity index (χ3v) is 5.08. The first kappa shape index (κ1) is 19.4. The fourth-order valence-corrected chi connectivity index (χ4v) is 3.67. The molecular weight excluding hydrogens is 372 g/mol. The molecule has 0 saturated carbocycles. The highest BCUT2D eigenvalue weighted by atomic mass is 16.7. The van der Waals surface area contributed by atoms with Crippen LogP contribution in [0.4, 0.5) is 17.1 Å². The van der Waals surface area contributed by atoms with E-state index in [-0.39, 0.29) is 11.8 Å². The van der Waals surface area contributed by atoms with Crippen molar-refractivity contribution in [2.24, 2.45) is 0 Å². The highest BCUT2D eigenvalue weighted by Crippen LogP contribution is 2.31. The summed E-state index contributed by atoms with van der Waals surface area (Å²) in [5, 5.41) is 6.00. The van der Waals surface area contributed by atoms with Crippen LogP contribution in [0.5, 0.6) is 0 Å². The molecule has 8 nitrogen and oxygen atoms in total. The zero-order valence-corrected chi connectivity index (χ0v) is 16.3. The minimum atomic E-state index is -0.507. The molecule has 29 heavy (non-hydrogen) atoms. The normalized spacial score (nSPS) is 17.9. The number of pyridine rings is 1. The van der Waals surface area contributed by atoms with Gasteiger partial charge in [0.1, 0.15) is 5.69 Å². The maximum absolute atomic E-state index is 12.9. The van der Waals surface area contributed by atoms with Gasteiger partial charge < -0.3 is 25.0 Å². The van der Waals surface area contributed by atoms with Gasteiger partial charge in [0.25, 0.3) is 5.91 Å². The molecule has 2 aromatic rings. The SMILES string of the molecule is CC(=O)Nc1cccc(Nc2ccnc(C(=O)N3CCC4(CC3)OCCO4)c2)c1. The molecule has 152 valence electrons. The van der Waals surface area contributed by atoms with E-state index in [2.05, 4.69) is 15.6 Å². The van der Waals surface area contributed by atoms with E-state index in [0.29, 0.717) is 50.5 Å². The lowest BCUT2D eigenvalue weighted by Crippen LogP contribution is -2.47. The summed E-state index contributed by atoms with van der Waals surface area (Å²) in [6.07, 6.45) is 2.96. The Morgan fingerprint density at radius 2 is 1.72 bits per heavy atom. The van der Waals surface area contributed by atoms with Crippen LogP contribution in [0.25, 0.3) is 0 Å². The number of hydrogen-bond acceptors (Lipinski definition) is 6. The van der Waals surface area contributed by atoms with Gasteiger partial charge >= 0.3 is 0 Å².